The van der Waals surface area contributed by atoms with Crippen molar-refractivity contribution in [3.8, 4) is 0 Å². The molecule has 1 aromatic carbocycles. The van der Waals surface area contributed by atoms with Crippen molar-refractivity contribution in [3.05, 3.63) is 47.1 Å². The van der Waals surface area contributed by atoms with Crippen molar-refractivity contribution >= 4 is 11.6 Å². The van der Waals surface area contributed by atoms with Crippen LogP contribution >= 0.6 is 11.6 Å². The molecule has 0 amide bonds. The Morgan fingerprint density at radius 3 is 2.60 bits per heavy atom. The number of hydrogen-bond acceptors (Lipinski definition) is 5. The summed E-state index contributed by atoms with van der Waals surface area (Å²) in [5.74, 6) is 0.638. The highest BCUT2D eigenvalue weighted by Crippen LogP contribution is 2.23. The summed E-state index contributed by atoms with van der Waals surface area (Å²) < 4.78 is 10.3. The SMILES string of the molecule is Clc1ccc(C(NC2CCOCC2)c2ncon2)cc1. The van der Waals surface area contributed by atoms with Gasteiger partial charge >= 0.3 is 0 Å². The van der Waals surface area contributed by atoms with E-state index in [0.29, 0.717) is 16.9 Å². The summed E-state index contributed by atoms with van der Waals surface area (Å²) in [5, 5.41) is 8.27. The van der Waals surface area contributed by atoms with E-state index in [9.17, 15) is 0 Å². The molecule has 0 radical (unpaired) electrons. The molecule has 2 heterocycles. The Hall–Kier alpha value is -1.43. The minimum atomic E-state index is -0.0888. The lowest BCUT2D eigenvalue weighted by atomic mass is 10.0. The van der Waals surface area contributed by atoms with E-state index in [2.05, 4.69) is 15.5 Å². The zero-order valence-electron chi connectivity index (χ0n) is 11.0. The molecule has 1 aromatic heterocycles. The molecule has 106 valence electrons. The third kappa shape index (κ3) is 3.17. The lowest BCUT2D eigenvalue weighted by Gasteiger charge is -2.27. The van der Waals surface area contributed by atoms with Crippen LogP contribution in [0.5, 0.6) is 0 Å². The lowest BCUT2D eigenvalue weighted by molar-refractivity contribution is 0.0757. The summed E-state index contributed by atoms with van der Waals surface area (Å²) in [6, 6.07) is 8.01. The number of aromatic nitrogens is 2. The standard InChI is InChI=1S/C14H16ClN3O2/c15-11-3-1-10(2-4-11)13(14-16-9-20-18-14)17-12-5-7-19-8-6-12/h1-4,9,12-13,17H,5-8H2. The van der Waals surface area contributed by atoms with Crippen molar-refractivity contribution in [2.75, 3.05) is 13.2 Å². The molecule has 3 rings (SSSR count). The van der Waals surface area contributed by atoms with Gasteiger partial charge in [-0.05, 0) is 30.5 Å². The van der Waals surface area contributed by atoms with Crippen molar-refractivity contribution in [2.24, 2.45) is 0 Å². The molecule has 0 bridgehead atoms. The molecule has 1 unspecified atom stereocenters. The molecule has 1 saturated heterocycles. The normalized spacial score (nSPS) is 18.1. The molecular weight excluding hydrogens is 278 g/mol. The second-order valence-electron chi connectivity index (χ2n) is 4.83. The maximum atomic E-state index is 5.95. The predicted octanol–water partition coefficient (Wildman–Crippen LogP) is 2.58. The van der Waals surface area contributed by atoms with Crippen molar-refractivity contribution in [1.29, 1.82) is 0 Å². The molecule has 6 heteroatoms. The molecule has 20 heavy (non-hydrogen) atoms. The van der Waals surface area contributed by atoms with Gasteiger partial charge in [-0.15, -0.1) is 0 Å². The molecule has 1 N–H and O–H groups in total. The molecule has 5 nitrogen and oxygen atoms in total. The van der Waals surface area contributed by atoms with Gasteiger partial charge in [-0.3, -0.25) is 0 Å². The van der Waals surface area contributed by atoms with E-state index < -0.39 is 0 Å². The topological polar surface area (TPSA) is 60.2 Å². The summed E-state index contributed by atoms with van der Waals surface area (Å²) in [6.07, 6.45) is 3.33. The maximum absolute atomic E-state index is 5.95. The first kappa shape index (κ1) is 13.5. The van der Waals surface area contributed by atoms with Gasteiger partial charge in [-0.1, -0.05) is 28.9 Å². The van der Waals surface area contributed by atoms with Gasteiger partial charge in [0.15, 0.2) is 5.82 Å². The van der Waals surface area contributed by atoms with Crippen LogP contribution in [0.3, 0.4) is 0 Å². The van der Waals surface area contributed by atoms with Crippen LogP contribution in [0.25, 0.3) is 0 Å². The van der Waals surface area contributed by atoms with E-state index in [1.165, 1.54) is 6.39 Å². The smallest absolute Gasteiger partial charge is 0.213 e. The van der Waals surface area contributed by atoms with Crippen LogP contribution in [0.1, 0.15) is 30.3 Å². The molecule has 1 atom stereocenters. The van der Waals surface area contributed by atoms with E-state index in [1.807, 2.05) is 24.3 Å². The van der Waals surface area contributed by atoms with Crippen molar-refractivity contribution in [1.82, 2.24) is 15.5 Å². The first-order valence-electron chi connectivity index (χ1n) is 6.68. The molecule has 1 aliphatic heterocycles. The van der Waals surface area contributed by atoms with Crippen LogP contribution in [-0.4, -0.2) is 29.4 Å². The van der Waals surface area contributed by atoms with Gasteiger partial charge in [0, 0.05) is 24.3 Å². The molecular formula is C14H16ClN3O2. The van der Waals surface area contributed by atoms with E-state index in [-0.39, 0.29) is 6.04 Å². The number of benzene rings is 1. The van der Waals surface area contributed by atoms with Crippen LogP contribution in [0.2, 0.25) is 5.02 Å². The second-order valence-corrected chi connectivity index (χ2v) is 5.26. The Bertz CT molecular complexity index is 524. The van der Waals surface area contributed by atoms with E-state index in [1.54, 1.807) is 0 Å². The number of halogens is 1. The summed E-state index contributed by atoms with van der Waals surface area (Å²) in [7, 11) is 0. The average Bonchev–Trinajstić information content (AvgIpc) is 3.01. The molecule has 1 fully saturated rings. The number of rotatable bonds is 4. The molecule has 0 aliphatic carbocycles. The number of ether oxygens (including phenoxy) is 1. The number of nitrogens with zero attached hydrogens (tertiary/aromatic N) is 2. The Balaban J connectivity index is 1.82. The zero-order valence-corrected chi connectivity index (χ0v) is 11.7. The van der Waals surface area contributed by atoms with Crippen LogP contribution in [0.15, 0.2) is 35.2 Å². The van der Waals surface area contributed by atoms with E-state index in [4.69, 9.17) is 20.9 Å². The predicted molar refractivity (Wildman–Crippen MR) is 74.6 cm³/mol. The van der Waals surface area contributed by atoms with Crippen molar-refractivity contribution in [2.45, 2.75) is 24.9 Å². The van der Waals surface area contributed by atoms with Gasteiger partial charge in [0.2, 0.25) is 6.39 Å². The molecule has 2 aromatic rings. The number of hydrogen-bond donors (Lipinski definition) is 1. The van der Waals surface area contributed by atoms with Crippen LogP contribution in [0.4, 0.5) is 0 Å². The van der Waals surface area contributed by atoms with Gasteiger partial charge in [0.25, 0.3) is 0 Å². The average molecular weight is 294 g/mol. The minimum Gasteiger partial charge on any atom is -0.381 e. The second kappa shape index (κ2) is 6.35. The summed E-state index contributed by atoms with van der Waals surface area (Å²) in [6.45, 7) is 1.58. The Kier molecular flexibility index (Phi) is 4.30. The largest absolute Gasteiger partial charge is 0.381 e. The van der Waals surface area contributed by atoms with Crippen LogP contribution < -0.4 is 5.32 Å². The third-order valence-corrected chi connectivity index (χ3v) is 3.72. The molecule has 1 aliphatic rings. The van der Waals surface area contributed by atoms with Gasteiger partial charge in [0.05, 0.1) is 6.04 Å². The van der Waals surface area contributed by atoms with Crippen LogP contribution in [0, 0.1) is 0 Å². The fourth-order valence-corrected chi connectivity index (χ4v) is 2.51. The highest BCUT2D eigenvalue weighted by molar-refractivity contribution is 6.30. The Morgan fingerprint density at radius 1 is 1.20 bits per heavy atom. The Labute approximate surface area is 122 Å². The monoisotopic (exact) mass is 293 g/mol. The van der Waals surface area contributed by atoms with Crippen molar-refractivity contribution < 1.29 is 9.26 Å². The summed E-state index contributed by atoms with van der Waals surface area (Å²) in [4.78, 5) is 4.18. The summed E-state index contributed by atoms with van der Waals surface area (Å²) >= 11 is 5.95. The summed E-state index contributed by atoms with van der Waals surface area (Å²) in [5.41, 5.74) is 1.07. The highest BCUT2D eigenvalue weighted by Gasteiger charge is 2.23. The Morgan fingerprint density at radius 2 is 1.95 bits per heavy atom. The third-order valence-electron chi connectivity index (χ3n) is 3.46. The lowest BCUT2D eigenvalue weighted by Crippen LogP contribution is -2.38. The molecule has 0 spiro atoms. The number of nitrogens with one attached hydrogen (secondary N) is 1. The fourth-order valence-electron chi connectivity index (χ4n) is 2.38. The first-order chi connectivity index (χ1) is 9.83. The van der Waals surface area contributed by atoms with E-state index in [0.717, 1.165) is 31.6 Å². The first-order valence-corrected chi connectivity index (χ1v) is 7.06. The molecule has 0 saturated carbocycles. The van der Waals surface area contributed by atoms with Gasteiger partial charge in [-0.25, -0.2) is 0 Å². The van der Waals surface area contributed by atoms with Gasteiger partial charge < -0.3 is 14.6 Å². The van der Waals surface area contributed by atoms with E-state index >= 15 is 0 Å². The van der Waals surface area contributed by atoms with Crippen molar-refractivity contribution in [3.63, 3.8) is 0 Å². The van der Waals surface area contributed by atoms with Gasteiger partial charge in [-0.2, -0.15) is 4.98 Å². The highest BCUT2D eigenvalue weighted by atomic mass is 35.5. The minimum absolute atomic E-state index is 0.0888. The van der Waals surface area contributed by atoms with Gasteiger partial charge in [0.1, 0.15) is 0 Å². The van der Waals surface area contributed by atoms with Crippen LogP contribution in [-0.2, 0) is 4.74 Å². The fraction of sp³-hybridized carbons (Fsp3) is 0.429. The quantitative estimate of drug-likeness (QED) is 0.939. The zero-order chi connectivity index (χ0) is 13.8. The maximum Gasteiger partial charge on any atom is 0.213 e.